The Morgan fingerprint density at radius 1 is 1.37 bits per heavy atom. The number of hydrogen-bond donors (Lipinski definition) is 1. The van der Waals surface area contributed by atoms with E-state index in [0.29, 0.717) is 18.8 Å². The zero-order valence-electron chi connectivity index (χ0n) is 10.6. The van der Waals surface area contributed by atoms with Gasteiger partial charge in [0.15, 0.2) is 0 Å². The van der Waals surface area contributed by atoms with Gasteiger partial charge in [-0.2, -0.15) is 5.10 Å². The molecule has 3 N–H and O–H groups in total. The van der Waals surface area contributed by atoms with E-state index in [0.717, 1.165) is 12.8 Å². The summed E-state index contributed by atoms with van der Waals surface area (Å²) in [5.74, 6) is -2.28. The van der Waals surface area contributed by atoms with E-state index in [4.69, 9.17) is 11.5 Å². The molecule has 1 saturated carbocycles. The highest BCUT2D eigenvalue weighted by Crippen LogP contribution is 2.42. The van der Waals surface area contributed by atoms with E-state index >= 15 is 0 Å². The molecule has 1 unspecified atom stereocenters. The van der Waals surface area contributed by atoms with Crippen molar-refractivity contribution in [1.29, 1.82) is 0 Å². The first-order valence-electron chi connectivity index (χ1n) is 6.64. The van der Waals surface area contributed by atoms with Crippen LogP contribution >= 0.6 is 0 Å². The van der Waals surface area contributed by atoms with E-state index in [1.165, 1.54) is 6.20 Å². The van der Waals surface area contributed by atoms with Crippen LogP contribution in [-0.4, -0.2) is 34.8 Å². The molecule has 1 aromatic heterocycles. The maximum absolute atomic E-state index is 13.8. The standard InChI is InChI=1S/C12H18F2N5/c13-12(14)5-8(15)3-4-18(7-12)11-10(16)6-17-19(11)9-1-2-9/h6,8-9,16H,1-5,7,15H2/q-1. The van der Waals surface area contributed by atoms with Gasteiger partial charge in [-0.15, -0.1) is 0 Å². The molecule has 0 amide bonds. The summed E-state index contributed by atoms with van der Waals surface area (Å²) in [5, 5.41) is 4.16. The average Bonchev–Trinajstić information content (AvgIpc) is 3.08. The fraction of sp³-hybridized carbons (Fsp3) is 0.750. The first-order chi connectivity index (χ1) is 8.96. The van der Waals surface area contributed by atoms with Gasteiger partial charge in [0, 0.05) is 25.2 Å². The monoisotopic (exact) mass is 270 g/mol. The van der Waals surface area contributed by atoms with E-state index in [1.807, 2.05) is 0 Å². The Bertz CT molecular complexity index is 469. The van der Waals surface area contributed by atoms with Gasteiger partial charge in [0.25, 0.3) is 5.92 Å². The molecule has 106 valence electrons. The molecule has 1 aliphatic heterocycles. The first-order valence-corrected chi connectivity index (χ1v) is 6.64. The Kier molecular flexibility index (Phi) is 2.88. The number of halogens is 2. The third-order valence-corrected chi connectivity index (χ3v) is 3.71. The van der Waals surface area contributed by atoms with Gasteiger partial charge in [-0.1, -0.05) is 5.69 Å². The maximum Gasteiger partial charge on any atom is 0.266 e. The van der Waals surface area contributed by atoms with E-state index in [9.17, 15) is 8.78 Å². The van der Waals surface area contributed by atoms with Crippen LogP contribution in [0.25, 0.3) is 5.73 Å². The van der Waals surface area contributed by atoms with Crippen molar-refractivity contribution in [2.24, 2.45) is 5.73 Å². The summed E-state index contributed by atoms with van der Waals surface area (Å²) < 4.78 is 29.4. The number of aromatic nitrogens is 2. The summed E-state index contributed by atoms with van der Waals surface area (Å²) in [4.78, 5) is 1.58. The quantitative estimate of drug-likeness (QED) is 0.897. The minimum atomic E-state index is -2.80. The summed E-state index contributed by atoms with van der Waals surface area (Å²) >= 11 is 0. The van der Waals surface area contributed by atoms with Crippen molar-refractivity contribution in [3.63, 3.8) is 0 Å². The predicted octanol–water partition coefficient (Wildman–Crippen LogP) is 2.46. The highest BCUT2D eigenvalue weighted by atomic mass is 19.3. The highest BCUT2D eigenvalue weighted by Gasteiger charge is 2.38. The molecule has 2 fully saturated rings. The second-order valence-corrected chi connectivity index (χ2v) is 5.59. The van der Waals surface area contributed by atoms with E-state index in [-0.39, 0.29) is 24.7 Å². The Labute approximate surface area is 110 Å². The van der Waals surface area contributed by atoms with Gasteiger partial charge in [0.1, 0.15) is 5.82 Å². The SMILES string of the molecule is [NH-]c1cnn(C2CC2)c1N1CCC(N)CC(F)(F)C1. The zero-order valence-corrected chi connectivity index (χ0v) is 10.6. The van der Waals surface area contributed by atoms with Crippen LogP contribution < -0.4 is 10.6 Å². The minimum Gasteiger partial charge on any atom is -0.694 e. The molecule has 5 nitrogen and oxygen atoms in total. The molecule has 1 aliphatic carbocycles. The molecule has 0 aromatic carbocycles. The van der Waals surface area contributed by atoms with Gasteiger partial charge >= 0.3 is 0 Å². The number of hydrogen-bond acceptors (Lipinski definition) is 3. The zero-order chi connectivity index (χ0) is 13.6. The van der Waals surface area contributed by atoms with Crippen LogP contribution in [-0.2, 0) is 0 Å². The van der Waals surface area contributed by atoms with Crippen LogP contribution in [0.4, 0.5) is 20.3 Å². The third kappa shape index (κ3) is 2.51. The lowest BCUT2D eigenvalue weighted by Gasteiger charge is -2.28. The molecule has 0 spiro atoms. The summed E-state index contributed by atoms with van der Waals surface area (Å²) in [6.45, 7) is 0.0893. The van der Waals surface area contributed by atoms with Crippen LogP contribution in [0.5, 0.6) is 0 Å². The fourth-order valence-corrected chi connectivity index (χ4v) is 2.67. The highest BCUT2D eigenvalue weighted by molar-refractivity contribution is 5.66. The largest absolute Gasteiger partial charge is 0.694 e. The van der Waals surface area contributed by atoms with Crippen molar-refractivity contribution in [2.75, 3.05) is 18.0 Å². The molecular weight excluding hydrogens is 252 g/mol. The third-order valence-electron chi connectivity index (χ3n) is 3.71. The number of nitrogens with zero attached hydrogens (tertiary/aromatic N) is 3. The average molecular weight is 270 g/mol. The molecule has 1 aromatic rings. The fourth-order valence-electron chi connectivity index (χ4n) is 2.67. The molecule has 7 heteroatoms. The molecule has 2 aliphatic rings. The predicted molar refractivity (Wildman–Crippen MR) is 68.8 cm³/mol. The lowest BCUT2D eigenvalue weighted by Crippen LogP contribution is -2.37. The molecule has 1 saturated heterocycles. The van der Waals surface area contributed by atoms with Crippen molar-refractivity contribution in [2.45, 2.75) is 43.7 Å². The van der Waals surface area contributed by atoms with Crippen LogP contribution in [0.3, 0.4) is 0 Å². The molecule has 2 heterocycles. The Morgan fingerprint density at radius 2 is 2.11 bits per heavy atom. The summed E-state index contributed by atoms with van der Waals surface area (Å²) in [6, 6.07) is -0.203. The number of rotatable bonds is 2. The van der Waals surface area contributed by atoms with Crippen molar-refractivity contribution < 1.29 is 8.78 Å². The molecule has 0 bridgehead atoms. The molecule has 3 rings (SSSR count). The smallest absolute Gasteiger partial charge is 0.266 e. The number of anilines is 1. The lowest BCUT2D eigenvalue weighted by molar-refractivity contribution is -0.000549. The number of alkyl halides is 2. The summed E-state index contributed by atoms with van der Waals surface area (Å²) in [5.41, 5.74) is 13.8. The van der Waals surface area contributed by atoms with Crippen LogP contribution in [0.2, 0.25) is 0 Å². The molecule has 0 radical (unpaired) electrons. The Balaban J connectivity index is 1.90. The van der Waals surface area contributed by atoms with Crippen molar-refractivity contribution >= 4 is 11.5 Å². The van der Waals surface area contributed by atoms with Gasteiger partial charge < -0.3 is 16.4 Å². The normalized spacial score (nSPS) is 27.3. The Hall–Kier alpha value is -1.37. The van der Waals surface area contributed by atoms with E-state index in [1.54, 1.807) is 9.58 Å². The van der Waals surface area contributed by atoms with Gasteiger partial charge in [0.2, 0.25) is 0 Å². The van der Waals surface area contributed by atoms with Crippen molar-refractivity contribution in [3.05, 3.63) is 11.9 Å². The van der Waals surface area contributed by atoms with Crippen molar-refractivity contribution in [1.82, 2.24) is 9.78 Å². The molecule has 1 atom stereocenters. The molecular formula is C12H18F2N5-. The number of nitrogens with one attached hydrogen (secondary N) is 1. The summed E-state index contributed by atoms with van der Waals surface area (Å²) in [6.07, 6.45) is 3.70. The van der Waals surface area contributed by atoms with Crippen LogP contribution in [0, 0.1) is 0 Å². The van der Waals surface area contributed by atoms with Gasteiger partial charge in [-0.05, 0) is 19.3 Å². The summed E-state index contributed by atoms with van der Waals surface area (Å²) in [7, 11) is 0. The van der Waals surface area contributed by atoms with Crippen molar-refractivity contribution in [3.8, 4) is 0 Å². The van der Waals surface area contributed by atoms with Crippen LogP contribution in [0.15, 0.2) is 6.20 Å². The van der Waals surface area contributed by atoms with Gasteiger partial charge in [-0.3, -0.25) is 0 Å². The topological polar surface area (TPSA) is 70.9 Å². The van der Waals surface area contributed by atoms with E-state index < -0.39 is 12.0 Å². The van der Waals surface area contributed by atoms with Gasteiger partial charge in [0.05, 0.1) is 12.6 Å². The number of nitrogens with two attached hydrogens (primary N) is 1. The second-order valence-electron chi connectivity index (χ2n) is 5.59. The van der Waals surface area contributed by atoms with Gasteiger partial charge in [-0.25, -0.2) is 13.5 Å². The Morgan fingerprint density at radius 3 is 2.79 bits per heavy atom. The molecule has 19 heavy (non-hydrogen) atoms. The van der Waals surface area contributed by atoms with E-state index in [2.05, 4.69) is 5.10 Å². The van der Waals surface area contributed by atoms with Crippen LogP contribution in [0.1, 0.15) is 31.7 Å². The lowest BCUT2D eigenvalue weighted by atomic mass is 10.1. The first kappa shape index (κ1) is 12.7. The maximum atomic E-state index is 13.8. The minimum absolute atomic E-state index is 0.221. The second kappa shape index (κ2) is 4.33.